The van der Waals surface area contributed by atoms with Crippen LogP contribution < -0.4 is 5.32 Å². The number of carbonyl (C=O) groups excluding carboxylic acids is 3. The van der Waals surface area contributed by atoms with Crippen LogP contribution in [0.1, 0.15) is 55.9 Å². The van der Waals surface area contributed by atoms with Gasteiger partial charge < -0.3 is 9.88 Å². The molecule has 0 radical (unpaired) electrons. The van der Waals surface area contributed by atoms with Crippen LogP contribution in [0.25, 0.3) is 0 Å². The van der Waals surface area contributed by atoms with E-state index >= 15 is 0 Å². The van der Waals surface area contributed by atoms with Gasteiger partial charge in [-0.15, -0.1) is 0 Å². The maximum atomic E-state index is 12.6. The summed E-state index contributed by atoms with van der Waals surface area (Å²) in [4.78, 5) is 37.8. The fourth-order valence-electron chi connectivity index (χ4n) is 3.01. The van der Waals surface area contributed by atoms with Gasteiger partial charge in [0.1, 0.15) is 5.54 Å². The summed E-state index contributed by atoms with van der Waals surface area (Å²) in [6.07, 6.45) is 1.03. The summed E-state index contributed by atoms with van der Waals surface area (Å²) in [6.45, 7) is 12.1. The molecule has 3 amide bonds. The third-order valence-corrected chi connectivity index (χ3v) is 4.55. The van der Waals surface area contributed by atoms with E-state index in [4.69, 9.17) is 0 Å². The average Bonchev–Trinajstić information content (AvgIpc) is 2.85. The fraction of sp³-hybridized carbons (Fsp3) is 0.611. The standard InChI is InChI=1S/C18H27N3O3/c1-11(2)7-8-20-12(3)9-14(13(20)4)15(22)10-21-16(23)18(5,6)19-17(21)24/h9,11H,7-8,10H2,1-6H3,(H,19,24). The minimum absolute atomic E-state index is 0.208. The lowest BCUT2D eigenvalue weighted by molar-refractivity contribution is -0.129. The number of hydrogen-bond acceptors (Lipinski definition) is 3. The van der Waals surface area contributed by atoms with Crippen LogP contribution in [-0.2, 0) is 11.3 Å². The van der Waals surface area contributed by atoms with E-state index in [1.165, 1.54) is 0 Å². The molecular formula is C18H27N3O3. The van der Waals surface area contributed by atoms with E-state index < -0.39 is 11.6 Å². The number of urea groups is 1. The monoisotopic (exact) mass is 333 g/mol. The van der Waals surface area contributed by atoms with E-state index in [9.17, 15) is 14.4 Å². The summed E-state index contributed by atoms with van der Waals surface area (Å²) < 4.78 is 2.13. The quantitative estimate of drug-likeness (QED) is 0.642. The number of hydrogen-bond donors (Lipinski definition) is 1. The molecule has 2 heterocycles. The van der Waals surface area contributed by atoms with Crippen LogP contribution in [0.4, 0.5) is 4.79 Å². The van der Waals surface area contributed by atoms with Crippen molar-refractivity contribution in [1.82, 2.24) is 14.8 Å². The summed E-state index contributed by atoms with van der Waals surface area (Å²) in [5.41, 5.74) is 1.55. The molecule has 1 N–H and O–H groups in total. The maximum absolute atomic E-state index is 12.6. The van der Waals surface area contributed by atoms with Crippen molar-refractivity contribution in [3.63, 3.8) is 0 Å². The van der Waals surface area contributed by atoms with E-state index in [2.05, 4.69) is 23.7 Å². The van der Waals surface area contributed by atoms with Gasteiger partial charge in [-0.2, -0.15) is 0 Å². The molecule has 1 saturated heterocycles. The van der Waals surface area contributed by atoms with Crippen LogP contribution >= 0.6 is 0 Å². The predicted octanol–water partition coefficient (Wildman–Crippen LogP) is 2.66. The minimum atomic E-state index is -0.953. The SMILES string of the molecule is Cc1cc(C(=O)CN2C(=O)NC(C)(C)C2=O)c(C)n1CCC(C)C. The predicted molar refractivity (Wildman–Crippen MR) is 92.0 cm³/mol. The van der Waals surface area contributed by atoms with Gasteiger partial charge in [-0.3, -0.25) is 14.5 Å². The van der Waals surface area contributed by atoms with Crippen LogP contribution in [0.15, 0.2) is 6.07 Å². The van der Waals surface area contributed by atoms with Crippen molar-refractivity contribution >= 4 is 17.7 Å². The Morgan fingerprint density at radius 3 is 2.38 bits per heavy atom. The Labute approximate surface area is 143 Å². The Bertz CT molecular complexity index is 686. The van der Waals surface area contributed by atoms with Crippen LogP contribution in [0.2, 0.25) is 0 Å². The Hall–Kier alpha value is -2.11. The summed E-state index contributed by atoms with van der Waals surface area (Å²) in [6, 6.07) is 1.34. The summed E-state index contributed by atoms with van der Waals surface area (Å²) in [5, 5.41) is 2.59. The van der Waals surface area contributed by atoms with Crippen molar-refractivity contribution in [2.75, 3.05) is 6.54 Å². The second-order valence-corrected chi connectivity index (χ2v) is 7.49. The van der Waals surface area contributed by atoms with E-state index in [1.54, 1.807) is 13.8 Å². The summed E-state index contributed by atoms with van der Waals surface area (Å²) in [5.74, 6) is 0.00747. The number of aromatic nitrogens is 1. The lowest BCUT2D eigenvalue weighted by atomic mass is 10.1. The van der Waals surface area contributed by atoms with Crippen LogP contribution in [0, 0.1) is 19.8 Å². The van der Waals surface area contributed by atoms with E-state index in [0.717, 1.165) is 29.3 Å². The first-order valence-electron chi connectivity index (χ1n) is 8.38. The highest BCUT2D eigenvalue weighted by Gasteiger charge is 2.45. The molecule has 6 nitrogen and oxygen atoms in total. The molecule has 0 atom stereocenters. The molecule has 1 aromatic rings. The lowest BCUT2D eigenvalue weighted by Crippen LogP contribution is -2.41. The number of carbonyl (C=O) groups is 3. The van der Waals surface area contributed by atoms with Gasteiger partial charge >= 0.3 is 6.03 Å². The van der Waals surface area contributed by atoms with Crippen molar-refractivity contribution < 1.29 is 14.4 Å². The molecule has 0 unspecified atom stereocenters. The normalized spacial score (nSPS) is 16.9. The highest BCUT2D eigenvalue weighted by molar-refractivity contribution is 6.11. The second kappa shape index (κ2) is 6.42. The summed E-state index contributed by atoms with van der Waals surface area (Å²) >= 11 is 0. The van der Waals surface area contributed by atoms with Gasteiger partial charge in [0.2, 0.25) is 0 Å². The van der Waals surface area contributed by atoms with Crippen molar-refractivity contribution in [2.45, 2.75) is 60.0 Å². The molecule has 1 fully saturated rings. The molecule has 2 rings (SSSR count). The van der Waals surface area contributed by atoms with Crippen LogP contribution in [0.3, 0.4) is 0 Å². The van der Waals surface area contributed by atoms with Crippen LogP contribution in [0.5, 0.6) is 0 Å². The first-order chi connectivity index (χ1) is 11.0. The number of amides is 3. The first-order valence-corrected chi connectivity index (χ1v) is 8.38. The van der Waals surface area contributed by atoms with E-state index in [1.807, 2.05) is 19.9 Å². The molecule has 1 aromatic heterocycles. The number of nitrogens with zero attached hydrogens (tertiary/aromatic N) is 2. The summed E-state index contributed by atoms with van der Waals surface area (Å²) in [7, 11) is 0. The van der Waals surface area contributed by atoms with Gasteiger partial charge in [0.05, 0.1) is 6.54 Å². The molecule has 0 aromatic carbocycles. The van der Waals surface area contributed by atoms with Crippen molar-refractivity contribution in [3.8, 4) is 0 Å². The third kappa shape index (κ3) is 3.37. The zero-order valence-corrected chi connectivity index (χ0v) is 15.4. The Morgan fingerprint density at radius 2 is 1.88 bits per heavy atom. The molecular weight excluding hydrogens is 306 g/mol. The largest absolute Gasteiger partial charge is 0.348 e. The smallest absolute Gasteiger partial charge is 0.325 e. The number of Topliss-reactive ketones (excluding diaryl/α,β-unsaturated/α-hetero) is 1. The number of nitrogens with one attached hydrogen (secondary N) is 1. The molecule has 1 aliphatic heterocycles. The number of ketones is 1. The Morgan fingerprint density at radius 1 is 1.25 bits per heavy atom. The van der Waals surface area contributed by atoms with Gasteiger partial charge in [0.25, 0.3) is 5.91 Å². The highest BCUT2D eigenvalue weighted by atomic mass is 16.2. The maximum Gasteiger partial charge on any atom is 0.325 e. The van der Waals surface area contributed by atoms with Gasteiger partial charge in [0, 0.05) is 23.5 Å². The van der Waals surface area contributed by atoms with Crippen molar-refractivity contribution in [2.24, 2.45) is 5.92 Å². The van der Waals surface area contributed by atoms with E-state index in [-0.39, 0.29) is 18.2 Å². The highest BCUT2D eigenvalue weighted by Crippen LogP contribution is 2.21. The fourth-order valence-corrected chi connectivity index (χ4v) is 3.01. The Kier molecular flexibility index (Phi) is 4.87. The minimum Gasteiger partial charge on any atom is -0.348 e. The molecule has 6 heteroatoms. The molecule has 0 bridgehead atoms. The zero-order valence-electron chi connectivity index (χ0n) is 15.4. The number of aryl methyl sites for hydroxylation is 1. The molecule has 0 saturated carbocycles. The molecule has 0 spiro atoms. The first kappa shape index (κ1) is 18.2. The Balaban J connectivity index is 2.18. The van der Waals surface area contributed by atoms with Crippen molar-refractivity contribution in [1.29, 1.82) is 0 Å². The van der Waals surface area contributed by atoms with Gasteiger partial charge in [-0.05, 0) is 46.1 Å². The van der Waals surface area contributed by atoms with Gasteiger partial charge in [-0.25, -0.2) is 4.79 Å². The second-order valence-electron chi connectivity index (χ2n) is 7.49. The topological polar surface area (TPSA) is 71.4 Å². The van der Waals surface area contributed by atoms with Crippen molar-refractivity contribution in [3.05, 3.63) is 23.0 Å². The zero-order chi connectivity index (χ0) is 18.2. The molecule has 132 valence electrons. The molecule has 24 heavy (non-hydrogen) atoms. The average molecular weight is 333 g/mol. The molecule has 1 aliphatic rings. The number of rotatable bonds is 6. The number of imide groups is 1. The third-order valence-electron chi connectivity index (χ3n) is 4.55. The van der Waals surface area contributed by atoms with Crippen LogP contribution in [-0.4, -0.2) is 39.3 Å². The van der Waals surface area contributed by atoms with E-state index in [0.29, 0.717) is 11.5 Å². The molecule has 0 aliphatic carbocycles. The van der Waals surface area contributed by atoms with Gasteiger partial charge in [0.15, 0.2) is 5.78 Å². The lowest BCUT2D eigenvalue weighted by Gasteiger charge is -2.15. The van der Waals surface area contributed by atoms with Gasteiger partial charge in [-0.1, -0.05) is 13.8 Å².